The van der Waals surface area contributed by atoms with Crippen LogP contribution in [-0.2, 0) is 0 Å². The van der Waals surface area contributed by atoms with Gasteiger partial charge in [-0.2, -0.15) is 0 Å². The highest BCUT2D eigenvalue weighted by Gasteiger charge is 2.31. The van der Waals surface area contributed by atoms with E-state index in [0.29, 0.717) is 10.2 Å². The van der Waals surface area contributed by atoms with E-state index in [-0.39, 0.29) is 11.3 Å². The Hall–Kier alpha value is -2.02. The van der Waals surface area contributed by atoms with Crippen molar-refractivity contribution in [1.29, 1.82) is 0 Å². The van der Waals surface area contributed by atoms with Gasteiger partial charge in [0.15, 0.2) is 0 Å². The lowest BCUT2D eigenvalue weighted by Gasteiger charge is -2.10. The lowest BCUT2D eigenvalue weighted by atomic mass is 10.2. The van der Waals surface area contributed by atoms with Crippen molar-refractivity contribution in [2.75, 3.05) is 5.32 Å². The van der Waals surface area contributed by atoms with Crippen molar-refractivity contribution in [3.05, 3.63) is 58.6 Å². The largest absolute Gasteiger partial charge is 0.573 e. The molecule has 0 fully saturated rings. The second-order valence-electron chi connectivity index (χ2n) is 4.01. The van der Waals surface area contributed by atoms with Crippen molar-refractivity contribution in [3.8, 4) is 5.75 Å². The second kappa shape index (κ2) is 6.17. The summed E-state index contributed by atoms with van der Waals surface area (Å²) in [6, 6.07) is 11.7. The number of para-hydroxylation sites is 1. The third-order valence-corrected chi connectivity index (χ3v) is 3.16. The van der Waals surface area contributed by atoms with Gasteiger partial charge in [-0.05, 0) is 52.3 Å². The van der Waals surface area contributed by atoms with Gasteiger partial charge >= 0.3 is 6.36 Å². The van der Waals surface area contributed by atoms with Gasteiger partial charge in [-0.25, -0.2) is 0 Å². The van der Waals surface area contributed by atoms with Gasteiger partial charge in [0.25, 0.3) is 5.91 Å². The number of carbonyl (C=O) groups excluding carboxylic acids is 1. The number of ether oxygens (including phenoxy) is 1. The molecule has 0 aliphatic heterocycles. The lowest BCUT2D eigenvalue weighted by molar-refractivity contribution is -0.274. The molecule has 7 heteroatoms. The van der Waals surface area contributed by atoms with Gasteiger partial charge in [-0.3, -0.25) is 4.79 Å². The number of rotatable bonds is 3. The summed E-state index contributed by atoms with van der Waals surface area (Å²) in [6.07, 6.45) is -4.75. The topological polar surface area (TPSA) is 38.3 Å². The lowest BCUT2D eigenvalue weighted by Crippen LogP contribution is -2.17. The molecule has 0 saturated carbocycles. The van der Waals surface area contributed by atoms with Gasteiger partial charge < -0.3 is 10.1 Å². The van der Waals surface area contributed by atoms with Gasteiger partial charge in [0, 0.05) is 10.0 Å². The molecule has 0 aliphatic carbocycles. The van der Waals surface area contributed by atoms with Gasteiger partial charge in [-0.15, -0.1) is 13.2 Å². The van der Waals surface area contributed by atoms with Gasteiger partial charge in [0.05, 0.1) is 5.69 Å². The summed E-state index contributed by atoms with van der Waals surface area (Å²) < 4.78 is 40.5. The molecule has 3 nitrogen and oxygen atoms in total. The normalized spacial score (nSPS) is 11.0. The van der Waals surface area contributed by atoms with Crippen LogP contribution in [0.3, 0.4) is 0 Å². The Kier molecular flexibility index (Phi) is 4.52. The maximum atomic E-state index is 12.0. The van der Waals surface area contributed by atoms with Crippen LogP contribution in [0, 0.1) is 0 Å². The van der Waals surface area contributed by atoms with Gasteiger partial charge in [-0.1, -0.05) is 12.1 Å². The van der Waals surface area contributed by atoms with Crippen LogP contribution in [0.5, 0.6) is 5.75 Å². The van der Waals surface area contributed by atoms with Crippen LogP contribution in [-0.4, -0.2) is 12.3 Å². The summed E-state index contributed by atoms with van der Waals surface area (Å²) in [6.45, 7) is 0. The molecule has 0 saturated heterocycles. The van der Waals surface area contributed by atoms with Crippen LogP contribution in [0.25, 0.3) is 0 Å². The Morgan fingerprint density at radius 2 is 1.67 bits per heavy atom. The van der Waals surface area contributed by atoms with Crippen LogP contribution < -0.4 is 10.1 Å². The Morgan fingerprint density at radius 3 is 2.24 bits per heavy atom. The Labute approximate surface area is 126 Å². The minimum atomic E-state index is -4.75. The van der Waals surface area contributed by atoms with E-state index in [9.17, 15) is 18.0 Å². The molecule has 0 heterocycles. The van der Waals surface area contributed by atoms with E-state index in [1.165, 1.54) is 12.1 Å². The number of anilines is 1. The zero-order valence-corrected chi connectivity index (χ0v) is 12.0. The molecule has 0 radical (unpaired) electrons. The first kappa shape index (κ1) is 15.4. The Bertz CT molecular complexity index is 641. The summed E-state index contributed by atoms with van der Waals surface area (Å²) in [5.41, 5.74) is 0.790. The SMILES string of the molecule is O=C(Nc1ccccc1Br)c1ccc(OC(F)(F)F)cc1. The van der Waals surface area contributed by atoms with Crippen LogP contribution in [0.4, 0.5) is 18.9 Å². The molecular weight excluding hydrogens is 351 g/mol. The predicted molar refractivity (Wildman–Crippen MR) is 75.2 cm³/mol. The number of carbonyl (C=O) groups is 1. The van der Waals surface area contributed by atoms with E-state index in [1.807, 2.05) is 0 Å². The highest BCUT2D eigenvalue weighted by Crippen LogP contribution is 2.24. The van der Waals surface area contributed by atoms with Crippen LogP contribution >= 0.6 is 15.9 Å². The maximum absolute atomic E-state index is 12.0. The third kappa shape index (κ3) is 4.49. The van der Waals surface area contributed by atoms with Crippen LogP contribution in [0.15, 0.2) is 53.0 Å². The van der Waals surface area contributed by atoms with Crippen molar-refractivity contribution < 1.29 is 22.7 Å². The zero-order chi connectivity index (χ0) is 15.5. The van der Waals surface area contributed by atoms with E-state index in [0.717, 1.165) is 12.1 Å². The fraction of sp³-hybridized carbons (Fsp3) is 0.0714. The predicted octanol–water partition coefficient (Wildman–Crippen LogP) is 4.60. The number of nitrogens with one attached hydrogen (secondary N) is 1. The second-order valence-corrected chi connectivity index (χ2v) is 4.86. The minimum Gasteiger partial charge on any atom is -0.406 e. The summed E-state index contributed by atoms with van der Waals surface area (Å²) in [4.78, 5) is 12.0. The van der Waals surface area contributed by atoms with E-state index >= 15 is 0 Å². The molecule has 0 spiro atoms. The molecule has 0 aliphatic rings. The Balaban J connectivity index is 2.08. The molecule has 0 bridgehead atoms. The summed E-state index contributed by atoms with van der Waals surface area (Å²) in [5.74, 6) is -0.805. The molecule has 2 rings (SSSR count). The van der Waals surface area contributed by atoms with E-state index < -0.39 is 12.3 Å². The first-order valence-corrected chi connectivity index (χ1v) is 6.56. The van der Waals surface area contributed by atoms with Crippen molar-refractivity contribution in [2.45, 2.75) is 6.36 Å². The fourth-order valence-electron chi connectivity index (χ4n) is 1.57. The van der Waals surface area contributed by atoms with Crippen LogP contribution in [0.1, 0.15) is 10.4 Å². The smallest absolute Gasteiger partial charge is 0.406 e. The fourth-order valence-corrected chi connectivity index (χ4v) is 1.95. The number of halogens is 4. The van der Waals surface area contributed by atoms with Crippen molar-refractivity contribution in [3.63, 3.8) is 0 Å². The van der Waals surface area contributed by atoms with Crippen molar-refractivity contribution in [2.24, 2.45) is 0 Å². The molecule has 2 aromatic rings. The van der Waals surface area contributed by atoms with E-state index in [2.05, 4.69) is 26.0 Å². The minimum absolute atomic E-state index is 0.222. The molecule has 2 aromatic carbocycles. The molecule has 1 amide bonds. The van der Waals surface area contributed by atoms with Crippen LogP contribution in [0.2, 0.25) is 0 Å². The van der Waals surface area contributed by atoms with E-state index in [4.69, 9.17) is 0 Å². The summed E-state index contributed by atoms with van der Waals surface area (Å²) in [7, 11) is 0. The highest BCUT2D eigenvalue weighted by atomic mass is 79.9. The van der Waals surface area contributed by atoms with Gasteiger partial charge in [0.2, 0.25) is 0 Å². The van der Waals surface area contributed by atoms with Crippen molar-refractivity contribution in [1.82, 2.24) is 0 Å². The van der Waals surface area contributed by atoms with Crippen molar-refractivity contribution >= 4 is 27.5 Å². The molecule has 0 aromatic heterocycles. The summed E-state index contributed by atoms with van der Waals surface area (Å²) >= 11 is 3.28. The molecule has 0 unspecified atom stereocenters. The number of alkyl halides is 3. The molecule has 110 valence electrons. The first-order chi connectivity index (χ1) is 9.85. The highest BCUT2D eigenvalue weighted by molar-refractivity contribution is 9.10. The molecule has 1 N–H and O–H groups in total. The van der Waals surface area contributed by atoms with Gasteiger partial charge in [0.1, 0.15) is 5.75 Å². The average molecular weight is 360 g/mol. The number of benzene rings is 2. The molecule has 0 atom stereocenters. The standard InChI is InChI=1S/C14H9BrF3NO2/c15-11-3-1-2-4-12(11)19-13(20)9-5-7-10(8-6-9)21-14(16,17)18/h1-8H,(H,19,20). The zero-order valence-electron chi connectivity index (χ0n) is 10.4. The monoisotopic (exact) mass is 359 g/mol. The Morgan fingerprint density at radius 1 is 1.05 bits per heavy atom. The van der Waals surface area contributed by atoms with E-state index in [1.54, 1.807) is 24.3 Å². The molecule has 21 heavy (non-hydrogen) atoms. The third-order valence-electron chi connectivity index (χ3n) is 2.47. The first-order valence-electron chi connectivity index (χ1n) is 5.77. The quantitative estimate of drug-likeness (QED) is 0.869. The number of amides is 1. The number of hydrogen-bond acceptors (Lipinski definition) is 2. The maximum Gasteiger partial charge on any atom is 0.573 e. The average Bonchev–Trinajstić information content (AvgIpc) is 2.40. The summed E-state index contributed by atoms with van der Waals surface area (Å²) in [5, 5.41) is 2.65. The molecular formula is C14H9BrF3NO2. The number of hydrogen-bond donors (Lipinski definition) is 1.